The number of nitrogens with zero attached hydrogens (tertiary/aromatic N) is 2. The Labute approximate surface area is 100 Å². The molecule has 2 atom stereocenters. The summed E-state index contributed by atoms with van der Waals surface area (Å²) in [4.78, 5) is 18.3. The summed E-state index contributed by atoms with van der Waals surface area (Å²) in [5.41, 5.74) is 0.189. The first-order chi connectivity index (χ1) is 8.27. The van der Waals surface area contributed by atoms with Gasteiger partial charge in [0.1, 0.15) is 5.69 Å². The minimum Gasteiger partial charge on any atom is -0.394 e. The van der Waals surface area contributed by atoms with Gasteiger partial charge in [-0.3, -0.25) is 9.78 Å². The molecule has 2 saturated heterocycles. The van der Waals surface area contributed by atoms with Gasteiger partial charge >= 0.3 is 0 Å². The van der Waals surface area contributed by atoms with Crippen LogP contribution >= 0.6 is 0 Å². The van der Waals surface area contributed by atoms with Gasteiger partial charge in [-0.2, -0.15) is 0 Å². The minimum atomic E-state index is -0.294. The molecule has 2 aliphatic heterocycles. The van der Waals surface area contributed by atoms with Gasteiger partial charge in [0.25, 0.3) is 5.91 Å². The molecule has 1 N–H and O–H groups in total. The predicted molar refractivity (Wildman–Crippen MR) is 62.5 cm³/mol. The van der Waals surface area contributed by atoms with Gasteiger partial charge in [0.15, 0.2) is 0 Å². The van der Waals surface area contributed by atoms with Crippen LogP contribution in [0.3, 0.4) is 0 Å². The SMILES string of the molecule is O=C(c1ccccn1)N1C2CCCC1(CO)C2. The fourth-order valence-corrected chi connectivity index (χ4v) is 3.24. The summed E-state index contributed by atoms with van der Waals surface area (Å²) in [6.07, 6.45) is 5.66. The van der Waals surface area contributed by atoms with Crippen LogP contribution in [-0.4, -0.2) is 39.1 Å². The number of hydrogen-bond donors (Lipinski definition) is 1. The number of aliphatic hydroxyl groups excluding tert-OH is 1. The molecule has 0 aromatic carbocycles. The second kappa shape index (κ2) is 3.81. The molecular formula is C13H16N2O2. The van der Waals surface area contributed by atoms with E-state index in [2.05, 4.69) is 4.98 Å². The lowest BCUT2D eigenvalue weighted by Crippen LogP contribution is -2.71. The summed E-state index contributed by atoms with van der Waals surface area (Å²) < 4.78 is 0. The number of rotatable bonds is 2. The molecule has 0 saturated carbocycles. The average molecular weight is 232 g/mol. The van der Waals surface area contributed by atoms with E-state index in [1.54, 1.807) is 18.3 Å². The molecule has 1 amide bonds. The number of amides is 1. The zero-order valence-corrected chi connectivity index (χ0v) is 9.67. The van der Waals surface area contributed by atoms with Crippen molar-refractivity contribution in [2.24, 2.45) is 0 Å². The van der Waals surface area contributed by atoms with Crippen molar-refractivity contribution in [3.8, 4) is 0 Å². The third-order valence-corrected chi connectivity index (χ3v) is 4.07. The van der Waals surface area contributed by atoms with Crippen LogP contribution in [-0.2, 0) is 0 Å². The van der Waals surface area contributed by atoms with E-state index in [1.807, 2.05) is 11.0 Å². The highest BCUT2D eigenvalue weighted by molar-refractivity contribution is 5.93. The number of pyridine rings is 1. The predicted octanol–water partition coefficient (Wildman–Crippen LogP) is 1.21. The van der Waals surface area contributed by atoms with Gasteiger partial charge in [-0.1, -0.05) is 6.07 Å². The lowest BCUT2D eigenvalue weighted by Gasteiger charge is -2.61. The third-order valence-electron chi connectivity index (χ3n) is 4.07. The Bertz CT molecular complexity index is 430. The van der Waals surface area contributed by atoms with Crippen molar-refractivity contribution in [1.82, 2.24) is 9.88 Å². The van der Waals surface area contributed by atoms with Crippen LogP contribution in [0.5, 0.6) is 0 Å². The van der Waals surface area contributed by atoms with Crippen molar-refractivity contribution in [3.05, 3.63) is 30.1 Å². The molecule has 0 radical (unpaired) electrons. The van der Waals surface area contributed by atoms with Crippen LogP contribution in [0, 0.1) is 0 Å². The topological polar surface area (TPSA) is 53.4 Å². The number of hydrogen-bond acceptors (Lipinski definition) is 3. The molecule has 0 aliphatic carbocycles. The lowest BCUT2D eigenvalue weighted by atomic mass is 9.68. The monoisotopic (exact) mass is 232 g/mol. The largest absolute Gasteiger partial charge is 0.394 e. The highest BCUT2D eigenvalue weighted by Gasteiger charge is 2.56. The van der Waals surface area contributed by atoms with Gasteiger partial charge in [0.2, 0.25) is 0 Å². The smallest absolute Gasteiger partial charge is 0.273 e. The van der Waals surface area contributed by atoms with Crippen molar-refractivity contribution < 1.29 is 9.90 Å². The van der Waals surface area contributed by atoms with Crippen LogP contribution in [0.25, 0.3) is 0 Å². The van der Waals surface area contributed by atoms with Gasteiger partial charge in [0, 0.05) is 12.2 Å². The zero-order chi connectivity index (χ0) is 11.9. The molecule has 2 aliphatic rings. The summed E-state index contributed by atoms with van der Waals surface area (Å²) in [7, 11) is 0. The Morgan fingerprint density at radius 1 is 1.59 bits per heavy atom. The highest BCUT2D eigenvalue weighted by Crippen LogP contribution is 2.47. The van der Waals surface area contributed by atoms with Gasteiger partial charge in [-0.05, 0) is 37.8 Å². The molecule has 17 heavy (non-hydrogen) atoms. The molecule has 90 valence electrons. The molecule has 4 nitrogen and oxygen atoms in total. The number of aliphatic hydroxyl groups is 1. The molecule has 0 spiro atoms. The Morgan fingerprint density at radius 2 is 2.47 bits per heavy atom. The first kappa shape index (κ1) is 10.7. The van der Waals surface area contributed by atoms with Crippen LogP contribution in [0.1, 0.15) is 36.2 Å². The van der Waals surface area contributed by atoms with Crippen LogP contribution in [0.2, 0.25) is 0 Å². The van der Waals surface area contributed by atoms with Crippen molar-refractivity contribution in [1.29, 1.82) is 0 Å². The second-order valence-electron chi connectivity index (χ2n) is 5.02. The Balaban J connectivity index is 1.88. The van der Waals surface area contributed by atoms with E-state index in [4.69, 9.17) is 0 Å². The molecule has 2 unspecified atom stereocenters. The molecule has 1 aromatic heterocycles. The Hall–Kier alpha value is -1.42. The lowest BCUT2D eigenvalue weighted by molar-refractivity contribution is -0.107. The number of carbonyl (C=O) groups is 1. The maximum Gasteiger partial charge on any atom is 0.273 e. The normalized spacial score (nSPS) is 30.9. The summed E-state index contributed by atoms with van der Waals surface area (Å²) in [6, 6.07) is 5.67. The van der Waals surface area contributed by atoms with Gasteiger partial charge in [-0.15, -0.1) is 0 Å². The van der Waals surface area contributed by atoms with Crippen molar-refractivity contribution >= 4 is 5.91 Å². The molecule has 1 aromatic rings. The summed E-state index contributed by atoms with van der Waals surface area (Å²) in [6.45, 7) is 0.0715. The highest BCUT2D eigenvalue weighted by atomic mass is 16.3. The van der Waals surface area contributed by atoms with E-state index in [1.165, 1.54) is 0 Å². The minimum absolute atomic E-state index is 0.0319. The van der Waals surface area contributed by atoms with E-state index in [0.29, 0.717) is 11.7 Å². The van der Waals surface area contributed by atoms with Crippen molar-refractivity contribution in [2.45, 2.75) is 37.3 Å². The van der Waals surface area contributed by atoms with E-state index < -0.39 is 0 Å². The molecule has 2 fully saturated rings. The number of piperidine rings is 1. The van der Waals surface area contributed by atoms with E-state index >= 15 is 0 Å². The van der Waals surface area contributed by atoms with Gasteiger partial charge in [-0.25, -0.2) is 0 Å². The summed E-state index contributed by atoms with van der Waals surface area (Å²) in [5.74, 6) is -0.0319. The summed E-state index contributed by atoms with van der Waals surface area (Å²) in [5, 5.41) is 9.54. The van der Waals surface area contributed by atoms with Crippen molar-refractivity contribution in [2.75, 3.05) is 6.61 Å². The van der Waals surface area contributed by atoms with Crippen LogP contribution in [0.4, 0.5) is 0 Å². The number of aromatic nitrogens is 1. The first-order valence-electron chi connectivity index (χ1n) is 6.12. The fraction of sp³-hybridized carbons (Fsp3) is 0.538. The average Bonchev–Trinajstić information content (AvgIpc) is 2.40. The Kier molecular flexibility index (Phi) is 2.40. The van der Waals surface area contributed by atoms with Crippen LogP contribution in [0.15, 0.2) is 24.4 Å². The number of carbonyl (C=O) groups excluding carboxylic acids is 1. The van der Waals surface area contributed by atoms with E-state index in [-0.39, 0.29) is 18.1 Å². The maximum atomic E-state index is 12.4. The van der Waals surface area contributed by atoms with E-state index in [9.17, 15) is 9.90 Å². The van der Waals surface area contributed by atoms with Crippen LogP contribution < -0.4 is 0 Å². The first-order valence-corrected chi connectivity index (χ1v) is 6.12. The van der Waals surface area contributed by atoms with Crippen molar-refractivity contribution in [3.63, 3.8) is 0 Å². The fourth-order valence-electron chi connectivity index (χ4n) is 3.24. The molecule has 3 heterocycles. The maximum absolute atomic E-state index is 12.4. The standard InChI is InChI=1S/C13H16N2O2/c16-9-13-6-3-4-10(8-13)15(13)12(17)11-5-1-2-7-14-11/h1-2,5,7,10,16H,3-4,6,8-9H2. The van der Waals surface area contributed by atoms with E-state index in [0.717, 1.165) is 25.7 Å². The molecule has 2 bridgehead atoms. The molecule has 4 heteroatoms. The molecule has 3 rings (SSSR count). The number of fused-ring (bicyclic) bond motifs is 2. The zero-order valence-electron chi connectivity index (χ0n) is 9.67. The molecular weight excluding hydrogens is 216 g/mol. The van der Waals surface area contributed by atoms with Gasteiger partial charge in [0.05, 0.1) is 12.1 Å². The Morgan fingerprint density at radius 3 is 3.12 bits per heavy atom. The quantitative estimate of drug-likeness (QED) is 0.834. The summed E-state index contributed by atoms with van der Waals surface area (Å²) >= 11 is 0. The second-order valence-corrected chi connectivity index (χ2v) is 5.02. The van der Waals surface area contributed by atoms with Gasteiger partial charge < -0.3 is 10.0 Å². The third kappa shape index (κ3) is 1.47.